The van der Waals surface area contributed by atoms with Crippen molar-refractivity contribution in [2.24, 2.45) is 0 Å². The van der Waals surface area contributed by atoms with Crippen LogP contribution in [0.1, 0.15) is 5.56 Å². The highest BCUT2D eigenvalue weighted by atomic mass is 79.9. The second-order valence-corrected chi connectivity index (χ2v) is 7.33. The number of carbonyl (C=O) groups is 1. The number of carbonyl (C=O) groups excluding carboxylic acids is 1. The van der Waals surface area contributed by atoms with Crippen LogP contribution in [0.2, 0.25) is 0 Å². The summed E-state index contributed by atoms with van der Waals surface area (Å²) in [5.41, 5.74) is 2.04. The molecule has 0 aliphatic rings. The molecule has 1 aromatic heterocycles. The number of nitrogens with one attached hydrogen (secondary N) is 1. The fourth-order valence-electron chi connectivity index (χ4n) is 2.37. The van der Waals surface area contributed by atoms with E-state index in [0.29, 0.717) is 17.5 Å². The molecule has 0 unspecified atom stereocenters. The van der Waals surface area contributed by atoms with Crippen LogP contribution in [0.4, 0.5) is 0 Å². The molecule has 0 bridgehead atoms. The summed E-state index contributed by atoms with van der Waals surface area (Å²) in [6.07, 6.45) is 0.802. The summed E-state index contributed by atoms with van der Waals surface area (Å²) in [7, 11) is 0. The number of rotatable bonds is 7. The Balaban J connectivity index is 1.52. The van der Waals surface area contributed by atoms with Crippen molar-refractivity contribution >= 4 is 33.6 Å². The molecule has 0 atom stereocenters. The molecule has 0 spiro atoms. The standard InChI is InChI=1S/C18H18BrN5OS/c19-15-9-5-4-8-14(15)17-22-23-18(24(17)20)26-12-16(25)21-11-10-13-6-2-1-3-7-13/h1-9H,10-12,20H2,(H,21,25). The number of nitrogens with two attached hydrogens (primary N) is 1. The summed E-state index contributed by atoms with van der Waals surface area (Å²) < 4.78 is 2.29. The SMILES string of the molecule is Nn1c(SCC(=O)NCCc2ccccc2)nnc1-c1ccccc1Br. The average molecular weight is 432 g/mol. The molecule has 8 heteroatoms. The molecule has 3 N–H and O–H groups in total. The molecule has 1 amide bonds. The third kappa shape index (κ3) is 4.64. The summed E-state index contributed by atoms with van der Waals surface area (Å²) >= 11 is 4.74. The third-order valence-corrected chi connectivity index (χ3v) is 5.32. The van der Waals surface area contributed by atoms with Gasteiger partial charge in [-0.15, -0.1) is 10.2 Å². The van der Waals surface area contributed by atoms with Crippen LogP contribution < -0.4 is 11.2 Å². The van der Waals surface area contributed by atoms with Crippen LogP contribution in [-0.4, -0.2) is 33.1 Å². The molecular formula is C18H18BrN5OS. The average Bonchev–Trinajstić information content (AvgIpc) is 3.02. The van der Waals surface area contributed by atoms with E-state index in [2.05, 4.69) is 31.4 Å². The second-order valence-electron chi connectivity index (χ2n) is 5.53. The number of hydrogen-bond donors (Lipinski definition) is 2. The minimum atomic E-state index is -0.0589. The van der Waals surface area contributed by atoms with Gasteiger partial charge in [0.05, 0.1) is 5.75 Å². The van der Waals surface area contributed by atoms with Gasteiger partial charge in [-0.25, -0.2) is 4.68 Å². The van der Waals surface area contributed by atoms with Gasteiger partial charge in [0.1, 0.15) is 0 Å². The monoisotopic (exact) mass is 431 g/mol. The first kappa shape index (κ1) is 18.5. The largest absolute Gasteiger partial charge is 0.355 e. The Kier molecular flexibility index (Phi) is 6.30. The van der Waals surface area contributed by atoms with Gasteiger partial charge in [-0.3, -0.25) is 4.79 Å². The van der Waals surface area contributed by atoms with Crippen LogP contribution in [-0.2, 0) is 11.2 Å². The Morgan fingerprint density at radius 1 is 1.12 bits per heavy atom. The van der Waals surface area contributed by atoms with Crippen molar-refractivity contribution < 1.29 is 4.79 Å². The van der Waals surface area contributed by atoms with Crippen LogP contribution in [0.3, 0.4) is 0 Å². The molecule has 0 aliphatic heterocycles. The summed E-state index contributed by atoms with van der Waals surface area (Å²) in [4.78, 5) is 12.0. The highest BCUT2D eigenvalue weighted by Crippen LogP contribution is 2.27. The summed E-state index contributed by atoms with van der Waals surface area (Å²) in [5, 5.41) is 11.6. The highest BCUT2D eigenvalue weighted by Gasteiger charge is 2.15. The predicted molar refractivity (Wildman–Crippen MR) is 107 cm³/mol. The number of amides is 1. The molecule has 0 saturated heterocycles. The van der Waals surface area contributed by atoms with Crippen molar-refractivity contribution in [2.45, 2.75) is 11.6 Å². The lowest BCUT2D eigenvalue weighted by atomic mass is 10.1. The lowest BCUT2D eigenvalue weighted by molar-refractivity contribution is -0.118. The van der Waals surface area contributed by atoms with E-state index in [1.54, 1.807) is 0 Å². The first-order valence-electron chi connectivity index (χ1n) is 8.04. The van der Waals surface area contributed by atoms with Crippen LogP contribution in [0.5, 0.6) is 0 Å². The number of aromatic nitrogens is 3. The Labute approximate surface area is 164 Å². The second kappa shape index (κ2) is 8.86. The summed E-state index contributed by atoms with van der Waals surface area (Å²) in [5.74, 6) is 6.81. The topological polar surface area (TPSA) is 85.8 Å². The van der Waals surface area contributed by atoms with E-state index in [0.717, 1.165) is 16.5 Å². The number of halogens is 1. The quantitative estimate of drug-likeness (QED) is 0.443. The Morgan fingerprint density at radius 3 is 2.62 bits per heavy atom. The molecule has 0 fully saturated rings. The molecule has 26 heavy (non-hydrogen) atoms. The van der Waals surface area contributed by atoms with Crippen molar-refractivity contribution in [1.29, 1.82) is 0 Å². The van der Waals surface area contributed by atoms with Crippen LogP contribution in [0, 0.1) is 0 Å². The molecule has 2 aromatic carbocycles. The Bertz CT molecular complexity index is 884. The van der Waals surface area contributed by atoms with E-state index in [4.69, 9.17) is 5.84 Å². The molecule has 6 nitrogen and oxygen atoms in total. The number of nitrogens with zero attached hydrogens (tertiary/aromatic N) is 3. The number of thioether (sulfide) groups is 1. The maximum atomic E-state index is 12.0. The van der Waals surface area contributed by atoms with Gasteiger partial charge < -0.3 is 11.2 Å². The molecule has 0 saturated carbocycles. The van der Waals surface area contributed by atoms with Gasteiger partial charge in [-0.05, 0) is 24.1 Å². The van der Waals surface area contributed by atoms with Gasteiger partial charge >= 0.3 is 0 Å². The van der Waals surface area contributed by atoms with Crippen molar-refractivity contribution in [2.75, 3.05) is 18.1 Å². The summed E-state index contributed by atoms with van der Waals surface area (Å²) in [6, 6.07) is 17.7. The molecule has 0 aliphatic carbocycles. The molecule has 3 aromatic rings. The van der Waals surface area contributed by atoms with Gasteiger partial charge in [0.15, 0.2) is 5.82 Å². The fourth-order valence-corrected chi connectivity index (χ4v) is 3.52. The lowest BCUT2D eigenvalue weighted by Gasteiger charge is -2.06. The minimum Gasteiger partial charge on any atom is -0.355 e. The van der Waals surface area contributed by atoms with Crippen molar-refractivity contribution in [3.8, 4) is 11.4 Å². The molecule has 3 rings (SSSR count). The predicted octanol–water partition coefficient (Wildman–Crippen LogP) is 2.87. The zero-order valence-corrected chi connectivity index (χ0v) is 16.3. The smallest absolute Gasteiger partial charge is 0.230 e. The van der Waals surface area contributed by atoms with E-state index >= 15 is 0 Å². The van der Waals surface area contributed by atoms with Crippen LogP contribution in [0.15, 0.2) is 64.2 Å². The van der Waals surface area contributed by atoms with Gasteiger partial charge in [0.2, 0.25) is 11.1 Å². The number of nitrogen functional groups attached to an aromatic ring is 1. The van der Waals surface area contributed by atoms with E-state index in [1.807, 2.05) is 54.6 Å². The van der Waals surface area contributed by atoms with E-state index in [1.165, 1.54) is 22.0 Å². The molecular weight excluding hydrogens is 414 g/mol. The Hall–Kier alpha value is -2.32. The first-order valence-corrected chi connectivity index (χ1v) is 9.82. The molecule has 0 radical (unpaired) electrons. The zero-order valence-electron chi connectivity index (χ0n) is 13.9. The van der Waals surface area contributed by atoms with Crippen molar-refractivity contribution in [3.05, 3.63) is 64.6 Å². The molecule has 134 valence electrons. The van der Waals surface area contributed by atoms with Gasteiger partial charge in [-0.2, -0.15) is 0 Å². The normalized spacial score (nSPS) is 10.7. The molecule has 1 heterocycles. The zero-order chi connectivity index (χ0) is 18.4. The van der Waals surface area contributed by atoms with Crippen LogP contribution >= 0.6 is 27.7 Å². The first-order chi connectivity index (χ1) is 12.6. The van der Waals surface area contributed by atoms with E-state index in [-0.39, 0.29) is 11.7 Å². The van der Waals surface area contributed by atoms with E-state index < -0.39 is 0 Å². The summed E-state index contributed by atoms with van der Waals surface area (Å²) in [6.45, 7) is 0.598. The lowest BCUT2D eigenvalue weighted by Crippen LogP contribution is -2.27. The van der Waals surface area contributed by atoms with Gasteiger partial charge in [-0.1, -0.05) is 70.2 Å². The highest BCUT2D eigenvalue weighted by molar-refractivity contribution is 9.10. The van der Waals surface area contributed by atoms with E-state index in [9.17, 15) is 4.79 Å². The third-order valence-electron chi connectivity index (χ3n) is 3.69. The fraction of sp³-hybridized carbons (Fsp3) is 0.167. The maximum Gasteiger partial charge on any atom is 0.230 e. The van der Waals surface area contributed by atoms with Gasteiger partial charge in [0.25, 0.3) is 0 Å². The Morgan fingerprint density at radius 2 is 1.85 bits per heavy atom. The number of benzene rings is 2. The van der Waals surface area contributed by atoms with Crippen LogP contribution in [0.25, 0.3) is 11.4 Å². The van der Waals surface area contributed by atoms with Crippen molar-refractivity contribution in [3.63, 3.8) is 0 Å². The van der Waals surface area contributed by atoms with Gasteiger partial charge in [0, 0.05) is 16.6 Å². The maximum absolute atomic E-state index is 12.0. The minimum absolute atomic E-state index is 0.0589. The number of hydrogen-bond acceptors (Lipinski definition) is 5. The van der Waals surface area contributed by atoms with Crippen molar-refractivity contribution in [1.82, 2.24) is 20.2 Å².